The number of halogens is 1. The van der Waals surface area contributed by atoms with Gasteiger partial charge >= 0.3 is 0 Å². The van der Waals surface area contributed by atoms with E-state index in [1.165, 1.54) is 0 Å². The van der Waals surface area contributed by atoms with Gasteiger partial charge in [-0.2, -0.15) is 5.26 Å². The van der Waals surface area contributed by atoms with Crippen LogP contribution in [0.25, 0.3) is 0 Å². The number of hydrogen-bond acceptors (Lipinski definition) is 3. The van der Waals surface area contributed by atoms with Crippen LogP contribution in [0, 0.1) is 18.3 Å². The molecular weight excluding hydrogens is 332 g/mol. The smallest absolute Gasteiger partial charge is 0.254 e. The normalized spacial score (nSPS) is 10.1. The molecule has 0 bridgehead atoms. The molecule has 5 heteroatoms. The Balaban J connectivity index is 2.20. The lowest BCUT2D eigenvalue weighted by molar-refractivity contribution is 0.0735. The largest absolute Gasteiger partial charge is 0.467 e. The van der Waals surface area contributed by atoms with Crippen LogP contribution in [-0.4, -0.2) is 17.4 Å². The first-order valence-corrected chi connectivity index (χ1v) is 7.36. The number of carbonyl (C=O) groups is 1. The van der Waals surface area contributed by atoms with E-state index >= 15 is 0 Å². The average Bonchev–Trinajstić information content (AvgIpc) is 2.98. The molecule has 0 saturated carbocycles. The fourth-order valence-electron chi connectivity index (χ4n) is 1.99. The lowest BCUT2D eigenvalue weighted by Gasteiger charge is -2.21. The van der Waals surface area contributed by atoms with Gasteiger partial charge in [0.15, 0.2) is 0 Å². The summed E-state index contributed by atoms with van der Waals surface area (Å²) in [4.78, 5) is 14.2. The minimum atomic E-state index is -0.0998. The SMILES string of the molecule is Cc1cc(C(=O)N(CCC#N)Cc2ccco2)ccc1Br. The van der Waals surface area contributed by atoms with Gasteiger partial charge in [0, 0.05) is 16.6 Å². The Bertz CT molecular complexity index is 659. The van der Waals surface area contributed by atoms with Crippen LogP contribution in [0.4, 0.5) is 0 Å². The predicted molar refractivity (Wildman–Crippen MR) is 82.6 cm³/mol. The van der Waals surface area contributed by atoms with Gasteiger partial charge in [0.1, 0.15) is 5.76 Å². The Kier molecular flexibility index (Phi) is 5.18. The van der Waals surface area contributed by atoms with Crippen LogP contribution >= 0.6 is 15.9 Å². The van der Waals surface area contributed by atoms with Crippen molar-refractivity contribution in [1.29, 1.82) is 5.26 Å². The minimum absolute atomic E-state index is 0.0998. The number of hydrogen-bond donors (Lipinski definition) is 0. The standard InChI is InChI=1S/C16H15BrN2O2/c1-12-10-13(5-6-15(12)17)16(20)19(8-3-7-18)11-14-4-2-9-21-14/h2,4-6,9-10H,3,8,11H2,1H3. The summed E-state index contributed by atoms with van der Waals surface area (Å²) < 4.78 is 6.25. The predicted octanol–water partition coefficient (Wildman–Crippen LogP) is 3.91. The second-order valence-corrected chi connectivity index (χ2v) is 5.53. The van der Waals surface area contributed by atoms with Crippen LogP contribution in [0.5, 0.6) is 0 Å². The third-order valence-corrected chi connectivity index (χ3v) is 4.00. The van der Waals surface area contributed by atoms with Crippen molar-refractivity contribution in [3.8, 4) is 6.07 Å². The molecule has 0 atom stereocenters. The first-order chi connectivity index (χ1) is 10.1. The first kappa shape index (κ1) is 15.3. The number of furan rings is 1. The lowest BCUT2D eigenvalue weighted by atomic mass is 10.1. The van der Waals surface area contributed by atoms with Crippen LogP contribution in [-0.2, 0) is 6.54 Å². The van der Waals surface area contributed by atoms with E-state index in [-0.39, 0.29) is 5.91 Å². The fraction of sp³-hybridized carbons (Fsp3) is 0.250. The molecule has 0 unspecified atom stereocenters. The van der Waals surface area contributed by atoms with Crippen molar-refractivity contribution >= 4 is 21.8 Å². The molecule has 0 saturated heterocycles. The summed E-state index contributed by atoms with van der Waals surface area (Å²) in [6, 6.07) is 11.2. The fourth-order valence-corrected chi connectivity index (χ4v) is 2.23. The van der Waals surface area contributed by atoms with E-state index in [0.717, 1.165) is 10.0 Å². The third-order valence-electron chi connectivity index (χ3n) is 3.11. The van der Waals surface area contributed by atoms with Crippen molar-refractivity contribution in [3.63, 3.8) is 0 Å². The zero-order valence-electron chi connectivity index (χ0n) is 11.7. The highest BCUT2D eigenvalue weighted by Gasteiger charge is 2.17. The average molecular weight is 347 g/mol. The summed E-state index contributed by atoms with van der Waals surface area (Å²) in [7, 11) is 0. The third kappa shape index (κ3) is 3.96. The Morgan fingerprint density at radius 1 is 1.43 bits per heavy atom. The molecule has 1 aromatic heterocycles. The Hall–Kier alpha value is -2.06. The maximum Gasteiger partial charge on any atom is 0.254 e. The molecule has 4 nitrogen and oxygen atoms in total. The number of nitriles is 1. The van der Waals surface area contributed by atoms with E-state index in [0.29, 0.717) is 30.8 Å². The van der Waals surface area contributed by atoms with Gasteiger partial charge in [-0.25, -0.2) is 0 Å². The van der Waals surface area contributed by atoms with Gasteiger partial charge in [-0.15, -0.1) is 0 Å². The maximum atomic E-state index is 12.6. The Morgan fingerprint density at radius 3 is 2.86 bits per heavy atom. The van der Waals surface area contributed by atoms with E-state index in [2.05, 4.69) is 22.0 Å². The molecule has 0 aliphatic carbocycles. The molecule has 2 rings (SSSR count). The summed E-state index contributed by atoms with van der Waals surface area (Å²) in [5, 5.41) is 8.76. The first-order valence-electron chi connectivity index (χ1n) is 6.56. The van der Waals surface area contributed by atoms with Crippen LogP contribution in [0.1, 0.15) is 28.1 Å². The van der Waals surface area contributed by atoms with Crippen molar-refractivity contribution < 1.29 is 9.21 Å². The van der Waals surface area contributed by atoms with Gasteiger partial charge < -0.3 is 9.32 Å². The molecule has 0 radical (unpaired) electrons. The molecule has 2 aromatic rings. The summed E-state index contributed by atoms with van der Waals surface area (Å²) in [6.45, 7) is 2.68. The molecule has 1 aromatic carbocycles. The van der Waals surface area contributed by atoms with Crippen molar-refractivity contribution in [2.75, 3.05) is 6.54 Å². The summed E-state index contributed by atoms with van der Waals surface area (Å²) in [5.41, 5.74) is 1.61. The molecule has 108 valence electrons. The van der Waals surface area contributed by atoms with Gasteiger partial charge in [-0.05, 0) is 42.8 Å². The van der Waals surface area contributed by atoms with E-state index < -0.39 is 0 Å². The molecule has 21 heavy (non-hydrogen) atoms. The molecule has 0 N–H and O–H groups in total. The van der Waals surface area contributed by atoms with Gasteiger partial charge in [-0.1, -0.05) is 15.9 Å². The highest BCUT2D eigenvalue weighted by atomic mass is 79.9. The molecular formula is C16H15BrN2O2. The van der Waals surface area contributed by atoms with E-state index in [9.17, 15) is 4.79 Å². The van der Waals surface area contributed by atoms with Crippen LogP contribution in [0.15, 0.2) is 45.5 Å². The Labute approximate surface area is 132 Å². The molecule has 1 heterocycles. The number of nitrogens with zero attached hydrogens (tertiary/aromatic N) is 2. The maximum absolute atomic E-state index is 12.6. The van der Waals surface area contributed by atoms with E-state index in [1.807, 2.05) is 25.1 Å². The van der Waals surface area contributed by atoms with E-state index in [1.54, 1.807) is 23.3 Å². The number of benzene rings is 1. The van der Waals surface area contributed by atoms with Crippen LogP contribution in [0.2, 0.25) is 0 Å². The van der Waals surface area contributed by atoms with E-state index in [4.69, 9.17) is 9.68 Å². The Morgan fingerprint density at radius 2 is 2.24 bits per heavy atom. The second kappa shape index (κ2) is 7.09. The van der Waals surface area contributed by atoms with Crippen molar-refractivity contribution in [1.82, 2.24) is 4.90 Å². The summed E-state index contributed by atoms with van der Waals surface area (Å²) in [6.07, 6.45) is 1.87. The molecule has 0 aliphatic heterocycles. The second-order valence-electron chi connectivity index (χ2n) is 4.68. The monoisotopic (exact) mass is 346 g/mol. The van der Waals surface area contributed by atoms with Gasteiger partial charge in [0.25, 0.3) is 5.91 Å². The highest BCUT2D eigenvalue weighted by molar-refractivity contribution is 9.10. The quantitative estimate of drug-likeness (QED) is 0.824. The topological polar surface area (TPSA) is 57.2 Å². The molecule has 0 fully saturated rings. The number of carbonyl (C=O) groups excluding carboxylic acids is 1. The summed E-state index contributed by atoms with van der Waals surface area (Å²) in [5.74, 6) is 0.604. The minimum Gasteiger partial charge on any atom is -0.467 e. The number of amides is 1. The highest BCUT2D eigenvalue weighted by Crippen LogP contribution is 2.19. The zero-order valence-corrected chi connectivity index (χ0v) is 13.3. The van der Waals surface area contributed by atoms with Crippen LogP contribution in [0.3, 0.4) is 0 Å². The van der Waals surface area contributed by atoms with Gasteiger partial charge in [0.05, 0.1) is 25.3 Å². The van der Waals surface area contributed by atoms with Crippen LogP contribution < -0.4 is 0 Å². The van der Waals surface area contributed by atoms with Crippen molar-refractivity contribution in [3.05, 3.63) is 58.0 Å². The van der Waals surface area contributed by atoms with Gasteiger partial charge in [0.2, 0.25) is 0 Å². The number of rotatable bonds is 5. The van der Waals surface area contributed by atoms with Crippen molar-refractivity contribution in [2.24, 2.45) is 0 Å². The zero-order chi connectivity index (χ0) is 15.2. The lowest BCUT2D eigenvalue weighted by Crippen LogP contribution is -2.31. The van der Waals surface area contributed by atoms with Crippen molar-refractivity contribution in [2.45, 2.75) is 19.9 Å². The summed E-state index contributed by atoms with van der Waals surface area (Å²) >= 11 is 3.42. The molecule has 0 spiro atoms. The molecule has 1 amide bonds. The molecule has 0 aliphatic rings. The van der Waals surface area contributed by atoms with Gasteiger partial charge in [-0.3, -0.25) is 4.79 Å². The number of aryl methyl sites for hydroxylation is 1.